The summed E-state index contributed by atoms with van der Waals surface area (Å²) >= 11 is 0. The van der Waals surface area contributed by atoms with E-state index in [0.29, 0.717) is 25.0 Å². The van der Waals surface area contributed by atoms with Crippen LogP contribution in [0, 0.1) is 11.8 Å². The molecule has 2 aromatic rings. The maximum atomic E-state index is 12.4. The van der Waals surface area contributed by atoms with E-state index in [1.54, 1.807) is 4.57 Å². The van der Waals surface area contributed by atoms with Crippen LogP contribution in [-0.2, 0) is 25.6 Å². The highest BCUT2D eigenvalue weighted by atomic mass is 16.5. The van der Waals surface area contributed by atoms with Crippen molar-refractivity contribution in [2.24, 2.45) is 17.6 Å². The number of unbranched alkanes of at least 4 members (excludes halogenated alkanes) is 11. The number of nitrogens with two attached hydrogens (primary N) is 2. The summed E-state index contributed by atoms with van der Waals surface area (Å²) in [5, 5.41) is 0. The fraction of sp³-hybridized carbons (Fsp3) is 0.727. The van der Waals surface area contributed by atoms with E-state index in [1.165, 1.54) is 64.1 Å². The van der Waals surface area contributed by atoms with Crippen molar-refractivity contribution in [3.05, 3.63) is 28.8 Å². The van der Waals surface area contributed by atoms with Gasteiger partial charge in [-0.2, -0.15) is 4.98 Å². The Kier molecular flexibility index (Phi) is 18.1. The second kappa shape index (κ2) is 21.5. The second-order valence-corrected chi connectivity index (χ2v) is 12.1. The lowest BCUT2D eigenvalue weighted by molar-refractivity contribution is -0.149. The number of allylic oxidation sites excluding steroid dienone is 2. The number of rotatable bonds is 24. The number of anilines is 1. The van der Waals surface area contributed by atoms with Gasteiger partial charge in [-0.25, -0.2) is 4.98 Å². The molecule has 0 spiro atoms. The van der Waals surface area contributed by atoms with E-state index in [-0.39, 0.29) is 42.5 Å². The van der Waals surface area contributed by atoms with Crippen LogP contribution in [0.4, 0.5) is 5.95 Å². The van der Waals surface area contributed by atoms with Crippen molar-refractivity contribution in [2.75, 3.05) is 18.9 Å². The SMILES string of the molecule is CCCCCCCCC=CCCCCCCCC(=O)OCCC(COC(=O)[C@@H](N)C(C)C)Cn1cnc2c(=O)[nH]c(N)nc21. The molecule has 0 radical (unpaired) electrons. The molecule has 11 nitrogen and oxygen atoms in total. The van der Waals surface area contributed by atoms with Gasteiger partial charge in [-0.15, -0.1) is 0 Å². The van der Waals surface area contributed by atoms with Gasteiger partial charge in [-0.1, -0.05) is 84.3 Å². The molecular weight excluding hydrogens is 560 g/mol. The summed E-state index contributed by atoms with van der Waals surface area (Å²) in [5.74, 6) is -1.02. The number of ether oxygens (including phenoxy) is 2. The van der Waals surface area contributed by atoms with Crippen LogP contribution < -0.4 is 17.0 Å². The van der Waals surface area contributed by atoms with Crippen molar-refractivity contribution in [3.8, 4) is 0 Å². The first-order chi connectivity index (χ1) is 21.2. The zero-order chi connectivity index (χ0) is 32.2. The Balaban J connectivity index is 1.68. The van der Waals surface area contributed by atoms with Gasteiger partial charge in [0.1, 0.15) is 6.04 Å². The first-order valence-electron chi connectivity index (χ1n) is 16.7. The average Bonchev–Trinajstić information content (AvgIpc) is 3.39. The highest BCUT2D eigenvalue weighted by Crippen LogP contribution is 2.15. The molecule has 0 aromatic carbocycles. The van der Waals surface area contributed by atoms with Crippen LogP contribution >= 0.6 is 0 Å². The molecule has 11 heteroatoms. The highest BCUT2D eigenvalue weighted by Gasteiger charge is 2.22. The lowest BCUT2D eigenvalue weighted by Gasteiger charge is -2.20. The molecule has 0 fully saturated rings. The minimum atomic E-state index is -0.728. The molecule has 0 aliphatic carbocycles. The normalized spacial score (nSPS) is 13.1. The second-order valence-electron chi connectivity index (χ2n) is 12.1. The number of aromatic amines is 1. The molecule has 0 aliphatic rings. The smallest absolute Gasteiger partial charge is 0.323 e. The van der Waals surface area contributed by atoms with Crippen LogP contribution in [0.1, 0.15) is 117 Å². The van der Waals surface area contributed by atoms with Gasteiger partial charge >= 0.3 is 11.9 Å². The van der Waals surface area contributed by atoms with Gasteiger partial charge in [-0.3, -0.25) is 19.4 Å². The number of nitrogens with one attached hydrogen (secondary N) is 1. The third-order valence-electron chi connectivity index (χ3n) is 7.83. The van der Waals surface area contributed by atoms with E-state index in [1.807, 2.05) is 13.8 Å². The van der Waals surface area contributed by atoms with Crippen molar-refractivity contribution in [3.63, 3.8) is 0 Å². The van der Waals surface area contributed by atoms with Gasteiger partial charge in [-0.05, 0) is 44.4 Å². The Morgan fingerprint density at radius 1 is 0.977 bits per heavy atom. The fourth-order valence-corrected chi connectivity index (χ4v) is 4.93. The summed E-state index contributed by atoms with van der Waals surface area (Å²) in [7, 11) is 0. The molecule has 0 bridgehead atoms. The van der Waals surface area contributed by atoms with Crippen LogP contribution in [-0.4, -0.2) is 50.7 Å². The van der Waals surface area contributed by atoms with Crippen molar-refractivity contribution in [1.82, 2.24) is 19.5 Å². The zero-order valence-electron chi connectivity index (χ0n) is 27.2. The largest absolute Gasteiger partial charge is 0.466 e. The van der Waals surface area contributed by atoms with Crippen LogP contribution in [0.3, 0.4) is 0 Å². The molecular formula is C33H56N6O5. The quantitative estimate of drug-likeness (QED) is 0.0748. The van der Waals surface area contributed by atoms with Crippen LogP contribution in [0.5, 0.6) is 0 Å². The predicted molar refractivity (Wildman–Crippen MR) is 175 cm³/mol. The number of imidazole rings is 1. The standard InChI is InChI=1S/C33H56N6O5/c1-4-5-6-7-8-9-10-11-12-13-14-15-16-17-18-19-27(40)43-21-20-26(23-44-32(42)28(34)25(2)3)22-39-24-36-29-30(39)37-33(35)38-31(29)41/h11-12,24-26,28H,4-10,13-23,34H2,1-3H3,(H3,35,37,38,41)/t26?,28-/m0/s1. The molecule has 2 rings (SSSR count). The Hall–Kier alpha value is -3.21. The van der Waals surface area contributed by atoms with E-state index in [0.717, 1.165) is 25.7 Å². The van der Waals surface area contributed by atoms with E-state index < -0.39 is 17.6 Å². The Morgan fingerprint density at radius 3 is 2.27 bits per heavy atom. The number of esters is 2. The van der Waals surface area contributed by atoms with Gasteiger partial charge in [0.2, 0.25) is 5.95 Å². The molecule has 248 valence electrons. The summed E-state index contributed by atoms with van der Waals surface area (Å²) in [4.78, 5) is 47.6. The highest BCUT2D eigenvalue weighted by molar-refractivity contribution is 5.75. The van der Waals surface area contributed by atoms with E-state index in [2.05, 4.69) is 34.0 Å². The fourth-order valence-electron chi connectivity index (χ4n) is 4.93. The van der Waals surface area contributed by atoms with Gasteiger partial charge < -0.3 is 25.5 Å². The number of nitrogen functional groups attached to an aromatic ring is 1. The minimum Gasteiger partial charge on any atom is -0.466 e. The van der Waals surface area contributed by atoms with E-state index >= 15 is 0 Å². The first kappa shape index (κ1) is 37.0. The molecule has 5 N–H and O–H groups in total. The molecule has 2 heterocycles. The Bertz CT molecular complexity index is 1190. The summed E-state index contributed by atoms with van der Waals surface area (Å²) in [5.41, 5.74) is 11.7. The summed E-state index contributed by atoms with van der Waals surface area (Å²) < 4.78 is 12.7. The Morgan fingerprint density at radius 2 is 1.61 bits per heavy atom. The lowest BCUT2D eigenvalue weighted by atomic mass is 10.1. The number of carbonyl (C=O) groups excluding carboxylic acids is 2. The maximum Gasteiger partial charge on any atom is 0.323 e. The number of hydrogen-bond donors (Lipinski definition) is 3. The Labute approximate surface area is 262 Å². The predicted octanol–water partition coefficient (Wildman–Crippen LogP) is 5.82. The number of carbonyl (C=O) groups is 2. The van der Waals surface area contributed by atoms with Crippen molar-refractivity contribution in [2.45, 2.75) is 130 Å². The van der Waals surface area contributed by atoms with Gasteiger partial charge in [0.25, 0.3) is 5.56 Å². The van der Waals surface area contributed by atoms with Gasteiger partial charge in [0, 0.05) is 18.9 Å². The van der Waals surface area contributed by atoms with Crippen LogP contribution in [0.15, 0.2) is 23.3 Å². The third kappa shape index (κ3) is 14.5. The summed E-state index contributed by atoms with van der Waals surface area (Å²) in [6, 6.07) is -0.728. The van der Waals surface area contributed by atoms with E-state index in [4.69, 9.17) is 20.9 Å². The average molecular weight is 617 g/mol. The summed E-state index contributed by atoms with van der Waals surface area (Å²) in [6.07, 6.45) is 22.6. The lowest BCUT2D eigenvalue weighted by Crippen LogP contribution is -2.38. The van der Waals surface area contributed by atoms with Crippen LogP contribution in [0.25, 0.3) is 11.2 Å². The molecule has 1 unspecified atom stereocenters. The van der Waals surface area contributed by atoms with Crippen molar-refractivity contribution in [1.29, 1.82) is 0 Å². The first-order valence-corrected chi connectivity index (χ1v) is 16.7. The number of aromatic nitrogens is 4. The summed E-state index contributed by atoms with van der Waals surface area (Å²) in [6.45, 7) is 6.55. The molecule has 0 saturated carbocycles. The zero-order valence-corrected chi connectivity index (χ0v) is 27.2. The maximum absolute atomic E-state index is 12.4. The number of fused-ring (bicyclic) bond motifs is 1. The molecule has 0 aliphatic heterocycles. The molecule has 2 atom stereocenters. The molecule has 2 aromatic heterocycles. The molecule has 0 amide bonds. The third-order valence-corrected chi connectivity index (χ3v) is 7.83. The van der Waals surface area contributed by atoms with Gasteiger partial charge in [0.05, 0.1) is 19.5 Å². The number of hydrogen-bond acceptors (Lipinski definition) is 9. The van der Waals surface area contributed by atoms with Gasteiger partial charge in [0.15, 0.2) is 11.2 Å². The minimum absolute atomic E-state index is 0.0142. The number of nitrogens with zero attached hydrogens (tertiary/aromatic N) is 3. The molecule has 0 saturated heterocycles. The molecule has 44 heavy (non-hydrogen) atoms. The van der Waals surface area contributed by atoms with Crippen molar-refractivity contribution < 1.29 is 19.1 Å². The number of H-pyrrole nitrogens is 1. The monoisotopic (exact) mass is 616 g/mol. The van der Waals surface area contributed by atoms with Crippen molar-refractivity contribution >= 4 is 29.1 Å². The van der Waals surface area contributed by atoms with Crippen LogP contribution in [0.2, 0.25) is 0 Å². The van der Waals surface area contributed by atoms with E-state index in [9.17, 15) is 14.4 Å². The topological polar surface area (TPSA) is 168 Å².